The number of aliphatic imine (C=N–C) groups is 1. The number of hydrogen-bond acceptors (Lipinski definition) is 4. The molecule has 6 nitrogen and oxygen atoms in total. The number of anilines is 1. The summed E-state index contributed by atoms with van der Waals surface area (Å²) in [5, 5.41) is 2.77. The number of carbonyl (C=O) groups is 1. The molecule has 0 saturated heterocycles. The number of halogens is 3. The SMILES string of the molecule is NC=C(C1=NCCN(C(=O)Nc2ccccc2)C1)c1cc(C(F)(F)F)ccn1. The Morgan fingerprint density at radius 1 is 1.21 bits per heavy atom. The maximum absolute atomic E-state index is 13.0. The summed E-state index contributed by atoms with van der Waals surface area (Å²) in [7, 11) is 0. The Balaban J connectivity index is 1.77. The second-order valence-electron chi connectivity index (χ2n) is 6.05. The molecule has 3 N–H and O–H groups in total. The molecule has 1 aromatic carbocycles. The topological polar surface area (TPSA) is 83.6 Å². The smallest absolute Gasteiger partial charge is 0.404 e. The van der Waals surface area contributed by atoms with E-state index in [0.717, 1.165) is 18.3 Å². The second-order valence-corrected chi connectivity index (χ2v) is 6.05. The number of urea groups is 1. The lowest BCUT2D eigenvalue weighted by Gasteiger charge is -2.27. The number of aromatic nitrogens is 1. The van der Waals surface area contributed by atoms with Crippen LogP contribution >= 0.6 is 0 Å². The predicted octanol–water partition coefficient (Wildman–Crippen LogP) is 3.39. The van der Waals surface area contributed by atoms with Gasteiger partial charge in [0.1, 0.15) is 0 Å². The van der Waals surface area contributed by atoms with Crippen LogP contribution in [0.5, 0.6) is 0 Å². The number of alkyl halides is 3. The molecule has 3 rings (SSSR count). The highest BCUT2D eigenvalue weighted by Crippen LogP contribution is 2.30. The van der Waals surface area contributed by atoms with E-state index in [1.54, 1.807) is 24.3 Å². The van der Waals surface area contributed by atoms with Crippen molar-refractivity contribution in [2.75, 3.05) is 25.0 Å². The average molecular weight is 389 g/mol. The maximum Gasteiger partial charge on any atom is 0.416 e. The summed E-state index contributed by atoms with van der Waals surface area (Å²) in [5.41, 5.74) is 6.20. The van der Waals surface area contributed by atoms with Crippen LogP contribution in [0.3, 0.4) is 0 Å². The molecule has 146 valence electrons. The highest BCUT2D eigenvalue weighted by molar-refractivity contribution is 6.25. The van der Waals surface area contributed by atoms with Crippen molar-refractivity contribution < 1.29 is 18.0 Å². The Morgan fingerprint density at radius 2 is 1.96 bits per heavy atom. The summed E-state index contributed by atoms with van der Waals surface area (Å²) in [4.78, 5) is 22.3. The van der Waals surface area contributed by atoms with Gasteiger partial charge in [-0.25, -0.2) is 4.79 Å². The van der Waals surface area contributed by atoms with Crippen molar-refractivity contribution in [2.45, 2.75) is 6.18 Å². The van der Waals surface area contributed by atoms with Crippen molar-refractivity contribution in [3.63, 3.8) is 0 Å². The number of pyridine rings is 1. The minimum Gasteiger partial charge on any atom is -0.404 e. The third-order valence-corrected chi connectivity index (χ3v) is 4.17. The van der Waals surface area contributed by atoms with E-state index in [1.165, 1.54) is 11.1 Å². The summed E-state index contributed by atoms with van der Waals surface area (Å²) in [6.07, 6.45) is -2.25. The van der Waals surface area contributed by atoms with Crippen LogP contribution in [0.4, 0.5) is 23.7 Å². The van der Waals surface area contributed by atoms with Gasteiger partial charge in [-0.3, -0.25) is 9.98 Å². The fourth-order valence-electron chi connectivity index (χ4n) is 2.77. The zero-order valence-electron chi connectivity index (χ0n) is 14.8. The normalized spacial score (nSPS) is 15.2. The molecule has 0 atom stereocenters. The first kappa shape index (κ1) is 19.4. The molecule has 0 bridgehead atoms. The zero-order chi connectivity index (χ0) is 20.1. The average Bonchev–Trinajstić information content (AvgIpc) is 2.69. The van der Waals surface area contributed by atoms with Crippen molar-refractivity contribution in [1.82, 2.24) is 9.88 Å². The molecule has 28 heavy (non-hydrogen) atoms. The lowest BCUT2D eigenvalue weighted by Crippen LogP contribution is -2.43. The molecule has 1 aliphatic heterocycles. The number of nitrogens with two attached hydrogens (primary N) is 1. The zero-order valence-corrected chi connectivity index (χ0v) is 14.8. The van der Waals surface area contributed by atoms with Crippen LogP contribution in [0, 0.1) is 0 Å². The standard InChI is InChI=1S/C19H18F3N5O/c20-19(21,22)13-6-7-24-16(10-13)15(11-23)17-12-27(9-8-25-17)18(28)26-14-4-2-1-3-5-14/h1-7,10-11H,8-9,12,23H2,(H,26,28). The van der Waals surface area contributed by atoms with Crippen LogP contribution < -0.4 is 11.1 Å². The molecule has 0 spiro atoms. The van der Waals surface area contributed by atoms with Gasteiger partial charge in [0.15, 0.2) is 0 Å². The third-order valence-electron chi connectivity index (χ3n) is 4.17. The number of nitrogens with zero attached hydrogens (tertiary/aromatic N) is 3. The highest BCUT2D eigenvalue weighted by atomic mass is 19.4. The highest BCUT2D eigenvalue weighted by Gasteiger charge is 2.31. The molecule has 1 aromatic heterocycles. The Labute approximate surface area is 159 Å². The number of rotatable bonds is 3. The van der Waals surface area contributed by atoms with E-state index in [-0.39, 0.29) is 23.8 Å². The molecule has 0 saturated carbocycles. The van der Waals surface area contributed by atoms with E-state index in [9.17, 15) is 18.0 Å². The number of para-hydroxylation sites is 1. The van der Waals surface area contributed by atoms with Gasteiger partial charge < -0.3 is 16.0 Å². The molecule has 2 amide bonds. The Bertz CT molecular complexity index is 909. The fraction of sp³-hybridized carbons (Fsp3) is 0.211. The van der Waals surface area contributed by atoms with Gasteiger partial charge in [-0.1, -0.05) is 18.2 Å². The molecular formula is C19H18F3N5O. The van der Waals surface area contributed by atoms with Crippen molar-refractivity contribution >= 4 is 23.0 Å². The molecule has 0 unspecified atom stereocenters. The summed E-state index contributed by atoms with van der Waals surface area (Å²) in [5.74, 6) is 0. The lowest BCUT2D eigenvalue weighted by atomic mass is 10.0. The number of benzene rings is 1. The summed E-state index contributed by atoms with van der Waals surface area (Å²) < 4.78 is 38.9. The summed E-state index contributed by atoms with van der Waals surface area (Å²) in [6.45, 7) is 0.809. The van der Waals surface area contributed by atoms with Gasteiger partial charge in [0.2, 0.25) is 0 Å². The van der Waals surface area contributed by atoms with E-state index in [2.05, 4.69) is 15.3 Å². The quantitative estimate of drug-likeness (QED) is 0.844. The summed E-state index contributed by atoms with van der Waals surface area (Å²) in [6, 6.07) is 10.4. The first-order valence-corrected chi connectivity index (χ1v) is 8.48. The van der Waals surface area contributed by atoms with Crippen LogP contribution in [-0.4, -0.2) is 41.3 Å². The number of carbonyl (C=O) groups excluding carboxylic acids is 1. The lowest BCUT2D eigenvalue weighted by molar-refractivity contribution is -0.137. The van der Waals surface area contributed by atoms with Crippen LogP contribution in [-0.2, 0) is 6.18 Å². The molecule has 0 aliphatic carbocycles. The second kappa shape index (κ2) is 8.12. The Morgan fingerprint density at radius 3 is 2.64 bits per heavy atom. The van der Waals surface area contributed by atoms with Crippen LogP contribution in [0.25, 0.3) is 5.57 Å². The van der Waals surface area contributed by atoms with E-state index in [1.807, 2.05) is 6.07 Å². The van der Waals surface area contributed by atoms with Gasteiger partial charge >= 0.3 is 12.2 Å². The molecule has 0 fully saturated rings. The Hall–Kier alpha value is -3.36. The minimum atomic E-state index is -4.49. The maximum atomic E-state index is 13.0. The van der Waals surface area contributed by atoms with Crippen molar-refractivity contribution in [2.24, 2.45) is 10.7 Å². The predicted molar refractivity (Wildman–Crippen MR) is 101 cm³/mol. The number of amides is 2. The van der Waals surface area contributed by atoms with Gasteiger partial charge in [0.05, 0.1) is 30.1 Å². The first-order chi connectivity index (χ1) is 13.4. The fourth-order valence-corrected chi connectivity index (χ4v) is 2.77. The molecule has 9 heteroatoms. The van der Waals surface area contributed by atoms with E-state index in [0.29, 0.717) is 24.5 Å². The molecule has 2 heterocycles. The van der Waals surface area contributed by atoms with Crippen LogP contribution in [0.2, 0.25) is 0 Å². The van der Waals surface area contributed by atoms with E-state index >= 15 is 0 Å². The summed E-state index contributed by atoms with van der Waals surface area (Å²) >= 11 is 0. The van der Waals surface area contributed by atoms with Gasteiger partial charge in [0.25, 0.3) is 0 Å². The molecule has 1 aliphatic rings. The van der Waals surface area contributed by atoms with Gasteiger partial charge in [-0.05, 0) is 24.3 Å². The number of nitrogens with one attached hydrogen (secondary N) is 1. The number of hydrogen-bond donors (Lipinski definition) is 2. The molecule has 0 radical (unpaired) electrons. The first-order valence-electron chi connectivity index (χ1n) is 8.48. The third kappa shape index (κ3) is 4.48. The Kier molecular flexibility index (Phi) is 5.62. The minimum absolute atomic E-state index is 0.0568. The largest absolute Gasteiger partial charge is 0.416 e. The van der Waals surface area contributed by atoms with Crippen molar-refractivity contribution in [3.8, 4) is 0 Å². The van der Waals surface area contributed by atoms with Crippen LogP contribution in [0.15, 0.2) is 59.9 Å². The molecule has 2 aromatic rings. The molecular weight excluding hydrogens is 371 g/mol. The van der Waals surface area contributed by atoms with Gasteiger partial charge in [-0.2, -0.15) is 13.2 Å². The van der Waals surface area contributed by atoms with E-state index < -0.39 is 11.7 Å². The van der Waals surface area contributed by atoms with Crippen molar-refractivity contribution in [1.29, 1.82) is 0 Å². The monoisotopic (exact) mass is 389 g/mol. The van der Waals surface area contributed by atoms with E-state index in [4.69, 9.17) is 5.73 Å². The van der Waals surface area contributed by atoms with Gasteiger partial charge in [-0.15, -0.1) is 0 Å². The van der Waals surface area contributed by atoms with Gasteiger partial charge in [0, 0.05) is 30.2 Å². The van der Waals surface area contributed by atoms with Crippen LogP contribution in [0.1, 0.15) is 11.3 Å². The van der Waals surface area contributed by atoms with Crippen molar-refractivity contribution in [3.05, 3.63) is 66.1 Å².